The first-order valence-electron chi connectivity index (χ1n) is 5.74. The van der Waals surface area contributed by atoms with E-state index in [0.717, 1.165) is 6.42 Å². The van der Waals surface area contributed by atoms with Crippen molar-refractivity contribution < 1.29 is 4.79 Å². The fourth-order valence-corrected chi connectivity index (χ4v) is 1.68. The van der Waals surface area contributed by atoms with E-state index in [1.54, 1.807) is 7.05 Å². The van der Waals surface area contributed by atoms with Crippen LogP contribution in [0, 0.1) is 0 Å². The molecule has 0 saturated heterocycles. The Hall–Kier alpha value is -1.06. The van der Waals surface area contributed by atoms with Crippen LogP contribution in [0.15, 0.2) is 30.3 Å². The molecule has 96 valence electrons. The zero-order valence-electron chi connectivity index (χ0n) is 10.4. The zero-order valence-corrected chi connectivity index (χ0v) is 11.2. The number of nitrogens with one attached hydrogen (secondary N) is 2. The molecule has 1 aromatic carbocycles. The maximum absolute atomic E-state index is 11.3. The molecule has 0 radical (unpaired) electrons. The average Bonchev–Trinajstić information content (AvgIpc) is 2.31. The lowest BCUT2D eigenvalue weighted by Gasteiger charge is -2.16. The maximum atomic E-state index is 11.3. The molecule has 17 heavy (non-hydrogen) atoms. The summed E-state index contributed by atoms with van der Waals surface area (Å²) in [5, 5.41) is 5.77. The first-order valence-corrected chi connectivity index (χ1v) is 5.74. The van der Waals surface area contributed by atoms with Crippen molar-refractivity contribution >= 4 is 18.3 Å². The van der Waals surface area contributed by atoms with Crippen LogP contribution in [0.3, 0.4) is 0 Å². The molecule has 3 nitrogen and oxygen atoms in total. The predicted octanol–water partition coefficient (Wildman–Crippen LogP) is 1.94. The van der Waals surface area contributed by atoms with E-state index in [1.807, 2.05) is 18.2 Å². The second kappa shape index (κ2) is 9.02. The van der Waals surface area contributed by atoms with Gasteiger partial charge in [0.2, 0.25) is 5.91 Å². The summed E-state index contributed by atoms with van der Waals surface area (Å²) in [4.78, 5) is 11.3. The van der Waals surface area contributed by atoms with Crippen molar-refractivity contribution in [2.75, 3.05) is 20.1 Å². The van der Waals surface area contributed by atoms with E-state index in [2.05, 4.69) is 29.7 Å². The molecule has 1 atom stereocenters. The van der Waals surface area contributed by atoms with Gasteiger partial charge in [0.25, 0.3) is 0 Å². The van der Waals surface area contributed by atoms with E-state index >= 15 is 0 Å². The fraction of sp³-hybridized carbons (Fsp3) is 0.462. The Bertz CT molecular complexity index is 316. The van der Waals surface area contributed by atoms with E-state index < -0.39 is 0 Å². The number of halogens is 1. The van der Waals surface area contributed by atoms with Crippen LogP contribution >= 0.6 is 12.4 Å². The summed E-state index contributed by atoms with van der Waals surface area (Å²) in [7, 11) is 1.77. The fourth-order valence-electron chi connectivity index (χ4n) is 1.68. The first-order chi connectivity index (χ1) is 7.77. The summed E-state index contributed by atoms with van der Waals surface area (Å²) in [6.07, 6.45) is 1.03. The van der Waals surface area contributed by atoms with E-state index in [4.69, 9.17) is 0 Å². The molecule has 0 aliphatic heterocycles. The van der Waals surface area contributed by atoms with Crippen molar-refractivity contribution in [3.63, 3.8) is 0 Å². The molecule has 0 aromatic heterocycles. The average molecular weight is 257 g/mol. The molecule has 4 heteroatoms. The summed E-state index contributed by atoms with van der Waals surface area (Å²) in [6, 6.07) is 10.3. The highest BCUT2D eigenvalue weighted by molar-refractivity contribution is 5.85. The highest BCUT2D eigenvalue weighted by Gasteiger charge is 2.09. The molecule has 0 aliphatic carbocycles. The number of hydrogen-bond acceptors (Lipinski definition) is 2. The standard InChI is InChI=1S/C13H20N2O.ClH/c1-3-11(9-15-13(16)10-14-2)12-7-5-4-6-8-12;/h4-8,11,14H,3,9-10H2,1-2H3,(H,15,16);1H. The number of likely N-dealkylation sites (N-methyl/N-ethyl adjacent to an activating group) is 1. The maximum Gasteiger partial charge on any atom is 0.233 e. The highest BCUT2D eigenvalue weighted by atomic mass is 35.5. The molecule has 0 heterocycles. The summed E-state index contributed by atoms with van der Waals surface area (Å²) >= 11 is 0. The second-order valence-corrected chi connectivity index (χ2v) is 3.85. The summed E-state index contributed by atoms with van der Waals surface area (Å²) in [5.41, 5.74) is 1.29. The molecule has 0 saturated carbocycles. The third-order valence-electron chi connectivity index (χ3n) is 2.65. The molecular formula is C13H21ClN2O. The van der Waals surface area contributed by atoms with Crippen LogP contribution in [0.2, 0.25) is 0 Å². The van der Waals surface area contributed by atoms with Gasteiger partial charge in [0.15, 0.2) is 0 Å². The molecule has 2 N–H and O–H groups in total. The predicted molar refractivity (Wildman–Crippen MR) is 73.7 cm³/mol. The number of amides is 1. The van der Waals surface area contributed by atoms with E-state index in [0.29, 0.717) is 19.0 Å². The third kappa shape index (κ3) is 5.71. The highest BCUT2D eigenvalue weighted by Crippen LogP contribution is 2.17. The van der Waals surface area contributed by atoms with Gasteiger partial charge in [0, 0.05) is 12.5 Å². The molecule has 1 aromatic rings. The third-order valence-corrected chi connectivity index (χ3v) is 2.65. The van der Waals surface area contributed by atoms with Gasteiger partial charge in [0.1, 0.15) is 0 Å². The quantitative estimate of drug-likeness (QED) is 0.817. The number of carbonyl (C=O) groups is 1. The largest absolute Gasteiger partial charge is 0.354 e. The van der Waals surface area contributed by atoms with E-state index in [9.17, 15) is 4.79 Å². The SMILES string of the molecule is CCC(CNC(=O)CNC)c1ccccc1.Cl. The van der Waals surface area contributed by atoms with Gasteiger partial charge in [-0.3, -0.25) is 4.79 Å². The summed E-state index contributed by atoms with van der Waals surface area (Å²) in [6.45, 7) is 3.23. The Labute approximate surface area is 109 Å². The van der Waals surface area contributed by atoms with Gasteiger partial charge in [-0.2, -0.15) is 0 Å². The lowest BCUT2D eigenvalue weighted by Crippen LogP contribution is -2.34. The van der Waals surface area contributed by atoms with Gasteiger partial charge < -0.3 is 10.6 Å². The molecule has 0 bridgehead atoms. The topological polar surface area (TPSA) is 41.1 Å². The number of hydrogen-bond donors (Lipinski definition) is 2. The molecule has 0 aliphatic rings. The van der Waals surface area contributed by atoms with Crippen LogP contribution in [0.25, 0.3) is 0 Å². The molecular weight excluding hydrogens is 236 g/mol. The van der Waals surface area contributed by atoms with Gasteiger partial charge in [-0.15, -0.1) is 12.4 Å². The van der Waals surface area contributed by atoms with Crippen molar-refractivity contribution in [2.45, 2.75) is 19.3 Å². The molecule has 1 amide bonds. The normalized spacial score (nSPS) is 11.4. The lowest BCUT2D eigenvalue weighted by molar-refractivity contribution is -0.120. The minimum absolute atomic E-state index is 0. The van der Waals surface area contributed by atoms with Gasteiger partial charge in [-0.25, -0.2) is 0 Å². The Balaban J connectivity index is 0.00000256. The smallest absolute Gasteiger partial charge is 0.233 e. The number of benzene rings is 1. The van der Waals surface area contributed by atoms with Crippen LogP contribution in [-0.2, 0) is 4.79 Å². The van der Waals surface area contributed by atoms with E-state index in [-0.39, 0.29) is 18.3 Å². The van der Waals surface area contributed by atoms with Gasteiger partial charge in [-0.1, -0.05) is 37.3 Å². The molecule has 1 rings (SSSR count). The van der Waals surface area contributed by atoms with Crippen LogP contribution < -0.4 is 10.6 Å². The molecule has 1 unspecified atom stereocenters. The monoisotopic (exact) mass is 256 g/mol. The number of rotatable bonds is 6. The van der Waals surface area contributed by atoms with Crippen molar-refractivity contribution in [3.8, 4) is 0 Å². The van der Waals surface area contributed by atoms with Crippen molar-refractivity contribution in [2.24, 2.45) is 0 Å². The first kappa shape index (κ1) is 15.9. The van der Waals surface area contributed by atoms with Gasteiger partial charge in [0.05, 0.1) is 6.54 Å². The van der Waals surface area contributed by atoms with Crippen LogP contribution in [-0.4, -0.2) is 26.0 Å². The Morgan fingerprint density at radius 3 is 2.47 bits per heavy atom. The minimum atomic E-state index is 0. The van der Waals surface area contributed by atoms with Crippen molar-refractivity contribution in [3.05, 3.63) is 35.9 Å². The van der Waals surface area contributed by atoms with Crippen LogP contribution in [0.1, 0.15) is 24.8 Å². The summed E-state index contributed by atoms with van der Waals surface area (Å²) < 4.78 is 0. The van der Waals surface area contributed by atoms with E-state index in [1.165, 1.54) is 5.56 Å². The van der Waals surface area contributed by atoms with Gasteiger partial charge >= 0.3 is 0 Å². The van der Waals surface area contributed by atoms with Crippen molar-refractivity contribution in [1.82, 2.24) is 10.6 Å². The zero-order chi connectivity index (χ0) is 11.8. The van der Waals surface area contributed by atoms with Crippen LogP contribution in [0.5, 0.6) is 0 Å². The lowest BCUT2D eigenvalue weighted by atomic mass is 9.96. The second-order valence-electron chi connectivity index (χ2n) is 3.85. The Kier molecular flexibility index (Phi) is 8.46. The number of carbonyl (C=O) groups excluding carboxylic acids is 1. The molecule has 0 spiro atoms. The van der Waals surface area contributed by atoms with Crippen molar-refractivity contribution in [1.29, 1.82) is 0 Å². The van der Waals surface area contributed by atoms with Crippen LogP contribution in [0.4, 0.5) is 0 Å². The summed E-state index contributed by atoms with van der Waals surface area (Å²) in [5.74, 6) is 0.457. The Morgan fingerprint density at radius 1 is 1.29 bits per heavy atom. The molecule has 0 fully saturated rings. The minimum Gasteiger partial charge on any atom is -0.354 e. The Morgan fingerprint density at radius 2 is 1.94 bits per heavy atom. The van der Waals surface area contributed by atoms with Gasteiger partial charge in [-0.05, 0) is 19.0 Å².